The minimum Gasteiger partial charge on any atom is -0.497 e. The molecule has 0 radical (unpaired) electrons. The Balaban J connectivity index is 2.14. The fourth-order valence-corrected chi connectivity index (χ4v) is 2.15. The number of hydrogen-bond acceptors (Lipinski definition) is 2. The van der Waals surface area contributed by atoms with E-state index >= 15 is 0 Å². The Labute approximate surface area is 123 Å². The molecule has 0 aliphatic heterocycles. The summed E-state index contributed by atoms with van der Waals surface area (Å²) in [4.78, 5) is 12.3. The molecule has 0 bridgehead atoms. The van der Waals surface area contributed by atoms with Crippen molar-refractivity contribution in [1.29, 1.82) is 0 Å². The van der Waals surface area contributed by atoms with Gasteiger partial charge in [-0.1, -0.05) is 12.1 Å². The normalized spacial score (nSPS) is 11.8. The van der Waals surface area contributed by atoms with Gasteiger partial charge in [0.1, 0.15) is 11.6 Å². The van der Waals surface area contributed by atoms with Crippen molar-refractivity contribution in [3.63, 3.8) is 0 Å². The third-order valence-electron chi connectivity index (χ3n) is 3.37. The second-order valence-corrected chi connectivity index (χ2v) is 4.93. The molecule has 0 aliphatic rings. The smallest absolute Gasteiger partial charge is 0.252 e. The zero-order valence-corrected chi connectivity index (χ0v) is 12.3. The number of aryl methyl sites for hydroxylation is 1. The predicted molar refractivity (Wildman–Crippen MR) is 80.0 cm³/mol. The molecule has 1 N–H and O–H groups in total. The highest BCUT2D eigenvalue weighted by atomic mass is 19.1. The zero-order valence-electron chi connectivity index (χ0n) is 12.3. The first-order chi connectivity index (χ1) is 10.0. The van der Waals surface area contributed by atoms with Gasteiger partial charge < -0.3 is 10.1 Å². The summed E-state index contributed by atoms with van der Waals surface area (Å²) in [7, 11) is 1.60. The van der Waals surface area contributed by atoms with Gasteiger partial charge in [0.2, 0.25) is 0 Å². The van der Waals surface area contributed by atoms with Gasteiger partial charge in [0.25, 0.3) is 5.91 Å². The highest BCUT2D eigenvalue weighted by Gasteiger charge is 2.14. The lowest BCUT2D eigenvalue weighted by Gasteiger charge is -2.16. The third-order valence-corrected chi connectivity index (χ3v) is 3.37. The lowest BCUT2D eigenvalue weighted by Crippen LogP contribution is -2.27. The standard InChI is InChI=1S/C17H18FNO2/c1-11-9-14(18)7-8-16(11)17(20)19-12(2)13-5-4-6-15(10-13)21-3/h4-10,12H,1-3H3,(H,19,20). The maximum Gasteiger partial charge on any atom is 0.252 e. The third kappa shape index (κ3) is 3.60. The summed E-state index contributed by atoms with van der Waals surface area (Å²) in [6.45, 7) is 3.61. The highest BCUT2D eigenvalue weighted by molar-refractivity contribution is 5.95. The van der Waals surface area contributed by atoms with Crippen LogP contribution in [0.2, 0.25) is 0 Å². The summed E-state index contributed by atoms with van der Waals surface area (Å²) in [5, 5.41) is 2.91. The Morgan fingerprint density at radius 3 is 2.67 bits per heavy atom. The summed E-state index contributed by atoms with van der Waals surface area (Å²) in [6, 6.07) is 11.5. The second kappa shape index (κ2) is 6.39. The van der Waals surface area contributed by atoms with Crippen LogP contribution in [-0.4, -0.2) is 13.0 Å². The van der Waals surface area contributed by atoms with Crippen LogP contribution in [0.5, 0.6) is 5.75 Å². The van der Waals surface area contributed by atoms with Crippen LogP contribution in [0.15, 0.2) is 42.5 Å². The van der Waals surface area contributed by atoms with Gasteiger partial charge in [0.15, 0.2) is 0 Å². The number of nitrogens with one attached hydrogen (secondary N) is 1. The summed E-state index contributed by atoms with van der Waals surface area (Å²) < 4.78 is 18.2. The monoisotopic (exact) mass is 287 g/mol. The number of rotatable bonds is 4. The Morgan fingerprint density at radius 1 is 1.24 bits per heavy atom. The highest BCUT2D eigenvalue weighted by Crippen LogP contribution is 2.19. The average Bonchev–Trinajstić information content (AvgIpc) is 2.47. The van der Waals surface area contributed by atoms with Gasteiger partial charge in [-0.25, -0.2) is 4.39 Å². The van der Waals surface area contributed by atoms with Crippen LogP contribution < -0.4 is 10.1 Å². The largest absolute Gasteiger partial charge is 0.497 e. The molecule has 0 saturated carbocycles. The molecule has 0 spiro atoms. The first kappa shape index (κ1) is 15.0. The van der Waals surface area contributed by atoms with E-state index in [1.807, 2.05) is 31.2 Å². The van der Waals surface area contributed by atoms with E-state index in [0.717, 1.165) is 11.3 Å². The van der Waals surface area contributed by atoms with Gasteiger partial charge in [0.05, 0.1) is 13.2 Å². The zero-order chi connectivity index (χ0) is 15.4. The fraction of sp³-hybridized carbons (Fsp3) is 0.235. The maximum absolute atomic E-state index is 13.1. The van der Waals surface area contributed by atoms with Crippen LogP contribution in [0.3, 0.4) is 0 Å². The number of carbonyl (C=O) groups is 1. The molecule has 0 fully saturated rings. The van der Waals surface area contributed by atoms with Gasteiger partial charge in [-0.05, 0) is 55.3 Å². The van der Waals surface area contributed by atoms with Gasteiger partial charge in [0, 0.05) is 5.56 Å². The molecule has 21 heavy (non-hydrogen) atoms. The Kier molecular flexibility index (Phi) is 4.58. The van der Waals surface area contributed by atoms with Crippen LogP contribution in [0, 0.1) is 12.7 Å². The van der Waals surface area contributed by atoms with Crippen molar-refractivity contribution in [1.82, 2.24) is 5.32 Å². The number of hydrogen-bond donors (Lipinski definition) is 1. The number of halogens is 1. The van der Waals surface area contributed by atoms with E-state index in [9.17, 15) is 9.18 Å². The van der Waals surface area contributed by atoms with Crippen molar-refractivity contribution in [2.24, 2.45) is 0 Å². The van der Waals surface area contributed by atoms with Gasteiger partial charge in [-0.2, -0.15) is 0 Å². The van der Waals surface area contributed by atoms with Crippen LogP contribution in [-0.2, 0) is 0 Å². The van der Waals surface area contributed by atoms with Gasteiger partial charge >= 0.3 is 0 Å². The van der Waals surface area contributed by atoms with E-state index in [1.165, 1.54) is 18.2 Å². The molecule has 0 saturated heterocycles. The van der Waals surface area contributed by atoms with E-state index < -0.39 is 0 Å². The van der Waals surface area contributed by atoms with Crippen LogP contribution >= 0.6 is 0 Å². The molecule has 0 aromatic heterocycles. The van der Waals surface area contributed by atoms with E-state index in [2.05, 4.69) is 5.32 Å². The van der Waals surface area contributed by atoms with Crippen LogP contribution in [0.25, 0.3) is 0 Å². The predicted octanol–water partition coefficient (Wildman–Crippen LogP) is 3.63. The number of benzene rings is 2. The minimum atomic E-state index is -0.343. The maximum atomic E-state index is 13.1. The molecule has 110 valence electrons. The SMILES string of the molecule is COc1cccc(C(C)NC(=O)c2ccc(F)cc2C)c1. The lowest BCUT2D eigenvalue weighted by atomic mass is 10.1. The number of methoxy groups -OCH3 is 1. The lowest BCUT2D eigenvalue weighted by molar-refractivity contribution is 0.0939. The van der Waals surface area contributed by atoms with Crippen molar-refractivity contribution in [2.75, 3.05) is 7.11 Å². The minimum absolute atomic E-state index is 0.169. The van der Waals surface area contributed by atoms with E-state index in [-0.39, 0.29) is 17.8 Å². The van der Waals surface area contributed by atoms with Crippen LogP contribution in [0.4, 0.5) is 4.39 Å². The molecule has 2 aromatic rings. The molecular weight excluding hydrogens is 269 g/mol. The fourth-order valence-electron chi connectivity index (χ4n) is 2.15. The molecule has 3 nitrogen and oxygen atoms in total. The summed E-state index contributed by atoms with van der Waals surface area (Å²) in [6.07, 6.45) is 0. The summed E-state index contributed by atoms with van der Waals surface area (Å²) in [5.41, 5.74) is 2.04. The first-order valence-electron chi connectivity index (χ1n) is 6.72. The summed E-state index contributed by atoms with van der Waals surface area (Å²) in [5.74, 6) is 0.180. The Bertz CT molecular complexity index is 655. The van der Waals surface area contributed by atoms with Crippen molar-refractivity contribution >= 4 is 5.91 Å². The molecule has 1 unspecified atom stereocenters. The molecule has 2 aromatic carbocycles. The second-order valence-electron chi connectivity index (χ2n) is 4.93. The van der Waals surface area contributed by atoms with Crippen molar-refractivity contribution in [3.05, 3.63) is 65.0 Å². The number of carbonyl (C=O) groups excluding carboxylic acids is 1. The number of amides is 1. The molecular formula is C17H18FNO2. The van der Waals surface area contributed by atoms with Crippen LogP contribution in [0.1, 0.15) is 34.5 Å². The van der Waals surface area contributed by atoms with Gasteiger partial charge in [-0.15, -0.1) is 0 Å². The molecule has 1 amide bonds. The van der Waals surface area contributed by atoms with Crippen molar-refractivity contribution in [3.8, 4) is 5.75 Å². The average molecular weight is 287 g/mol. The summed E-state index contributed by atoms with van der Waals surface area (Å²) >= 11 is 0. The molecule has 1 atom stereocenters. The molecule has 0 heterocycles. The van der Waals surface area contributed by atoms with E-state index in [1.54, 1.807) is 14.0 Å². The molecule has 0 aliphatic carbocycles. The quantitative estimate of drug-likeness (QED) is 0.932. The first-order valence-corrected chi connectivity index (χ1v) is 6.72. The van der Waals surface area contributed by atoms with Gasteiger partial charge in [-0.3, -0.25) is 4.79 Å². The Morgan fingerprint density at radius 2 is 2.00 bits per heavy atom. The molecule has 4 heteroatoms. The topological polar surface area (TPSA) is 38.3 Å². The van der Waals surface area contributed by atoms with E-state index in [0.29, 0.717) is 11.1 Å². The van der Waals surface area contributed by atoms with Crippen molar-refractivity contribution in [2.45, 2.75) is 19.9 Å². The van der Waals surface area contributed by atoms with E-state index in [4.69, 9.17) is 4.74 Å². The number of ether oxygens (including phenoxy) is 1. The Hall–Kier alpha value is -2.36. The van der Waals surface area contributed by atoms with Crippen molar-refractivity contribution < 1.29 is 13.9 Å². The molecule has 2 rings (SSSR count).